The average Bonchev–Trinajstić information content (AvgIpc) is 2.67. The first-order valence-corrected chi connectivity index (χ1v) is 10.1. The van der Waals surface area contributed by atoms with Gasteiger partial charge in [0.15, 0.2) is 0 Å². The highest BCUT2D eigenvalue weighted by Gasteiger charge is 2.23. The van der Waals surface area contributed by atoms with Crippen LogP contribution in [0, 0.1) is 0 Å². The van der Waals surface area contributed by atoms with Gasteiger partial charge in [-0.05, 0) is 31.4 Å². The molecule has 2 aliphatic rings. The van der Waals surface area contributed by atoms with Gasteiger partial charge in [-0.15, -0.1) is 0 Å². The van der Waals surface area contributed by atoms with Crippen LogP contribution in [0.2, 0.25) is 0 Å². The molecule has 0 spiro atoms. The monoisotopic (exact) mass is 372 g/mol. The van der Waals surface area contributed by atoms with Crippen LogP contribution in [-0.4, -0.2) is 73.5 Å². The lowest BCUT2D eigenvalue weighted by Gasteiger charge is -2.37. The summed E-state index contributed by atoms with van der Waals surface area (Å²) in [5.74, 6) is 0.268. The number of nitrogens with zero attached hydrogens (tertiary/aromatic N) is 3. The van der Waals surface area contributed by atoms with Gasteiger partial charge in [-0.3, -0.25) is 14.5 Å². The van der Waals surface area contributed by atoms with Crippen LogP contribution in [0.5, 0.6) is 0 Å². The minimum absolute atomic E-state index is 0.118. The van der Waals surface area contributed by atoms with Crippen LogP contribution in [0.3, 0.4) is 0 Å². The number of benzene rings is 1. The number of fused-ring (bicyclic) bond motifs is 1. The van der Waals surface area contributed by atoms with Gasteiger partial charge in [0.05, 0.1) is 0 Å². The highest BCUT2D eigenvalue weighted by molar-refractivity contribution is 5.76. The van der Waals surface area contributed by atoms with Crippen molar-refractivity contribution in [2.75, 3.05) is 50.7 Å². The molecule has 6 heteroatoms. The zero-order valence-electron chi connectivity index (χ0n) is 16.6. The first kappa shape index (κ1) is 19.7. The average molecular weight is 373 g/mol. The van der Waals surface area contributed by atoms with Crippen LogP contribution in [0.4, 0.5) is 5.69 Å². The summed E-state index contributed by atoms with van der Waals surface area (Å²) in [7, 11) is 0. The van der Waals surface area contributed by atoms with Gasteiger partial charge in [-0.25, -0.2) is 0 Å². The number of hydrogen-bond acceptors (Lipinski definition) is 4. The maximum Gasteiger partial charge on any atom is 0.221 e. The quantitative estimate of drug-likeness (QED) is 0.822. The topological polar surface area (TPSA) is 55.9 Å². The molecule has 1 saturated heterocycles. The van der Waals surface area contributed by atoms with E-state index >= 15 is 0 Å². The maximum absolute atomic E-state index is 12.3. The molecule has 148 valence electrons. The van der Waals surface area contributed by atoms with Gasteiger partial charge >= 0.3 is 0 Å². The summed E-state index contributed by atoms with van der Waals surface area (Å²) < 4.78 is 0. The van der Waals surface area contributed by atoms with Gasteiger partial charge in [-0.1, -0.05) is 18.2 Å². The Kier molecular flexibility index (Phi) is 6.72. The molecule has 0 bridgehead atoms. The van der Waals surface area contributed by atoms with Gasteiger partial charge in [0.25, 0.3) is 0 Å². The second kappa shape index (κ2) is 9.22. The van der Waals surface area contributed by atoms with Gasteiger partial charge in [-0.2, -0.15) is 0 Å². The molecule has 27 heavy (non-hydrogen) atoms. The maximum atomic E-state index is 12.3. The first-order valence-electron chi connectivity index (χ1n) is 10.1. The van der Waals surface area contributed by atoms with Crippen LogP contribution in [0.15, 0.2) is 24.3 Å². The van der Waals surface area contributed by atoms with E-state index in [1.807, 2.05) is 4.90 Å². The normalized spacial score (nSPS) is 20.3. The second-order valence-corrected chi connectivity index (χ2v) is 7.66. The fourth-order valence-corrected chi connectivity index (χ4v) is 4.05. The van der Waals surface area contributed by atoms with Crippen molar-refractivity contribution in [1.29, 1.82) is 0 Å². The van der Waals surface area contributed by atoms with Crippen LogP contribution >= 0.6 is 0 Å². The lowest BCUT2D eigenvalue weighted by atomic mass is 9.96. The molecule has 1 aromatic carbocycles. The van der Waals surface area contributed by atoms with Crippen molar-refractivity contribution in [3.63, 3.8) is 0 Å². The number of carbonyl (C=O) groups excluding carboxylic acids is 2. The van der Waals surface area contributed by atoms with E-state index in [0.29, 0.717) is 19.0 Å². The smallest absolute Gasteiger partial charge is 0.221 e. The molecule has 3 rings (SSSR count). The summed E-state index contributed by atoms with van der Waals surface area (Å²) >= 11 is 0. The van der Waals surface area contributed by atoms with Gasteiger partial charge in [0.1, 0.15) is 0 Å². The predicted octanol–water partition coefficient (Wildman–Crippen LogP) is 1.50. The summed E-state index contributed by atoms with van der Waals surface area (Å²) in [5, 5.41) is 3.05. The third kappa shape index (κ3) is 5.22. The Bertz CT molecular complexity index is 655. The number of nitrogens with one attached hydrogen (secondary N) is 1. The van der Waals surface area contributed by atoms with Crippen molar-refractivity contribution in [3.8, 4) is 0 Å². The largest absolute Gasteiger partial charge is 0.368 e. The summed E-state index contributed by atoms with van der Waals surface area (Å²) in [6, 6.07) is 9.01. The Morgan fingerprint density at radius 1 is 1.11 bits per heavy atom. The lowest BCUT2D eigenvalue weighted by molar-refractivity contribution is -0.130. The Labute approximate surface area is 162 Å². The molecule has 2 amide bonds. The molecule has 2 aliphatic heterocycles. The minimum atomic E-state index is 0.118. The standard InChI is InChI=1S/C21H32N4O2/c1-17-7-8-19-5-3-4-6-20(19)25(17)11-9-21(27)22-10-12-23-13-15-24(16-14-23)18(2)26/h3-6,17H,7-16H2,1-2H3,(H,22,27). The fourth-order valence-electron chi connectivity index (χ4n) is 4.05. The summed E-state index contributed by atoms with van der Waals surface area (Å²) in [6.45, 7) is 9.50. The number of hydrogen-bond donors (Lipinski definition) is 1. The molecule has 6 nitrogen and oxygen atoms in total. The SMILES string of the molecule is CC(=O)N1CCN(CCNC(=O)CCN2c3ccccc3CCC2C)CC1. The molecule has 1 unspecified atom stereocenters. The van der Waals surface area contributed by atoms with Crippen LogP contribution in [0.25, 0.3) is 0 Å². The Hall–Kier alpha value is -2.08. The van der Waals surface area contributed by atoms with E-state index in [1.165, 1.54) is 11.3 Å². The van der Waals surface area contributed by atoms with E-state index in [-0.39, 0.29) is 11.8 Å². The number of anilines is 1. The zero-order valence-corrected chi connectivity index (χ0v) is 16.6. The summed E-state index contributed by atoms with van der Waals surface area (Å²) in [5.41, 5.74) is 2.67. The van der Waals surface area contributed by atoms with Gasteiger partial charge < -0.3 is 15.1 Å². The van der Waals surface area contributed by atoms with Crippen molar-refractivity contribution < 1.29 is 9.59 Å². The van der Waals surface area contributed by atoms with Gasteiger partial charge in [0, 0.05) is 70.9 Å². The van der Waals surface area contributed by atoms with Crippen molar-refractivity contribution in [2.45, 2.75) is 39.2 Å². The number of para-hydroxylation sites is 1. The molecule has 1 fully saturated rings. The van der Waals surface area contributed by atoms with E-state index < -0.39 is 0 Å². The van der Waals surface area contributed by atoms with Crippen molar-refractivity contribution >= 4 is 17.5 Å². The van der Waals surface area contributed by atoms with E-state index in [0.717, 1.165) is 52.1 Å². The number of rotatable bonds is 6. The predicted molar refractivity (Wildman–Crippen MR) is 108 cm³/mol. The van der Waals surface area contributed by atoms with E-state index in [2.05, 4.69) is 46.3 Å². The zero-order chi connectivity index (χ0) is 19.2. The molecule has 0 aliphatic carbocycles. The number of aryl methyl sites for hydroxylation is 1. The van der Waals surface area contributed by atoms with Crippen LogP contribution in [-0.2, 0) is 16.0 Å². The Morgan fingerprint density at radius 3 is 2.59 bits per heavy atom. The Balaban J connectivity index is 1.37. The summed E-state index contributed by atoms with van der Waals surface area (Å²) in [4.78, 5) is 30.2. The third-order valence-corrected chi connectivity index (χ3v) is 5.81. The molecule has 0 aromatic heterocycles. The van der Waals surface area contributed by atoms with Crippen molar-refractivity contribution in [1.82, 2.24) is 15.1 Å². The van der Waals surface area contributed by atoms with E-state index in [4.69, 9.17) is 0 Å². The molecular formula is C21H32N4O2. The van der Waals surface area contributed by atoms with Crippen molar-refractivity contribution in [3.05, 3.63) is 29.8 Å². The second-order valence-electron chi connectivity index (χ2n) is 7.66. The van der Waals surface area contributed by atoms with E-state index in [1.54, 1.807) is 6.92 Å². The molecular weight excluding hydrogens is 340 g/mol. The Morgan fingerprint density at radius 2 is 1.85 bits per heavy atom. The number of carbonyl (C=O) groups is 2. The molecule has 1 N–H and O–H groups in total. The minimum Gasteiger partial charge on any atom is -0.368 e. The van der Waals surface area contributed by atoms with Crippen LogP contribution in [0.1, 0.15) is 32.3 Å². The van der Waals surface area contributed by atoms with E-state index in [9.17, 15) is 9.59 Å². The lowest BCUT2D eigenvalue weighted by Crippen LogP contribution is -2.49. The van der Waals surface area contributed by atoms with Gasteiger partial charge in [0.2, 0.25) is 11.8 Å². The number of amides is 2. The molecule has 1 atom stereocenters. The summed E-state index contributed by atoms with van der Waals surface area (Å²) in [6.07, 6.45) is 2.79. The first-order chi connectivity index (χ1) is 13.0. The number of piperazine rings is 1. The van der Waals surface area contributed by atoms with Crippen molar-refractivity contribution in [2.24, 2.45) is 0 Å². The van der Waals surface area contributed by atoms with Crippen LogP contribution < -0.4 is 10.2 Å². The molecule has 0 saturated carbocycles. The molecule has 0 radical (unpaired) electrons. The highest BCUT2D eigenvalue weighted by Crippen LogP contribution is 2.30. The molecule has 1 aromatic rings. The fraction of sp³-hybridized carbons (Fsp3) is 0.619. The molecule has 2 heterocycles. The highest BCUT2D eigenvalue weighted by atomic mass is 16.2. The third-order valence-electron chi connectivity index (χ3n) is 5.81.